The number of rotatable bonds is 7. The van der Waals surface area contributed by atoms with E-state index >= 15 is 0 Å². The molecule has 7 nitrogen and oxygen atoms in total. The van der Waals surface area contributed by atoms with Gasteiger partial charge in [-0.3, -0.25) is 14.9 Å². The molecule has 1 atom stereocenters. The van der Waals surface area contributed by atoms with E-state index in [4.69, 9.17) is 9.84 Å². The second-order valence-electron chi connectivity index (χ2n) is 8.15. The predicted molar refractivity (Wildman–Crippen MR) is 137 cm³/mol. The SMILES string of the molecule is C[C@@H](CC(=O)O)NC(=O)c1cc(I)cc(NC(=O)OCC2c3ccccc3-c3ccccc32)c1. The Bertz CT molecular complexity index is 1210. The van der Waals surface area contributed by atoms with E-state index in [-0.39, 0.29) is 18.9 Å². The third-order valence-electron chi connectivity index (χ3n) is 5.61. The van der Waals surface area contributed by atoms with Crippen LogP contribution in [0.2, 0.25) is 0 Å². The summed E-state index contributed by atoms with van der Waals surface area (Å²) in [4.78, 5) is 35.9. The number of fused-ring (bicyclic) bond motifs is 3. The number of benzene rings is 3. The Kier molecular flexibility index (Phi) is 7.16. The van der Waals surface area contributed by atoms with Gasteiger partial charge in [0.2, 0.25) is 0 Å². The summed E-state index contributed by atoms with van der Waals surface area (Å²) >= 11 is 2.05. The zero-order valence-electron chi connectivity index (χ0n) is 18.4. The summed E-state index contributed by atoms with van der Waals surface area (Å²) in [5.41, 5.74) is 5.29. The summed E-state index contributed by atoms with van der Waals surface area (Å²) in [6.45, 7) is 1.81. The van der Waals surface area contributed by atoms with E-state index in [9.17, 15) is 14.4 Å². The van der Waals surface area contributed by atoms with Crippen LogP contribution in [0.4, 0.5) is 10.5 Å². The van der Waals surface area contributed by atoms with Crippen LogP contribution in [-0.2, 0) is 9.53 Å². The number of anilines is 1. The highest BCUT2D eigenvalue weighted by atomic mass is 127. The molecule has 174 valence electrons. The minimum Gasteiger partial charge on any atom is -0.481 e. The largest absolute Gasteiger partial charge is 0.481 e. The first kappa shape index (κ1) is 23.7. The van der Waals surface area contributed by atoms with Crippen molar-refractivity contribution in [3.63, 3.8) is 0 Å². The van der Waals surface area contributed by atoms with Crippen molar-refractivity contribution >= 4 is 46.2 Å². The summed E-state index contributed by atoms with van der Waals surface area (Å²) in [6, 6.07) is 20.6. The first-order valence-electron chi connectivity index (χ1n) is 10.8. The van der Waals surface area contributed by atoms with Crippen molar-refractivity contribution in [2.24, 2.45) is 0 Å². The molecule has 0 radical (unpaired) electrons. The maximum absolute atomic E-state index is 12.6. The Balaban J connectivity index is 1.42. The molecule has 3 aromatic rings. The zero-order chi connectivity index (χ0) is 24.2. The lowest BCUT2D eigenvalue weighted by atomic mass is 9.98. The number of hydrogen-bond acceptors (Lipinski definition) is 4. The van der Waals surface area contributed by atoms with Gasteiger partial charge in [-0.05, 0) is 70.0 Å². The maximum Gasteiger partial charge on any atom is 0.411 e. The molecule has 0 spiro atoms. The Morgan fingerprint density at radius 2 is 1.62 bits per heavy atom. The molecule has 1 aliphatic rings. The average Bonchev–Trinajstić information content (AvgIpc) is 3.10. The van der Waals surface area contributed by atoms with Crippen LogP contribution in [0, 0.1) is 3.57 Å². The van der Waals surface area contributed by atoms with Gasteiger partial charge in [-0.15, -0.1) is 0 Å². The number of carbonyl (C=O) groups is 3. The van der Waals surface area contributed by atoms with Crippen molar-refractivity contribution in [1.29, 1.82) is 0 Å². The van der Waals surface area contributed by atoms with E-state index in [2.05, 4.69) is 57.5 Å². The molecular formula is C26H23IN2O5. The van der Waals surface area contributed by atoms with Gasteiger partial charge in [0.1, 0.15) is 6.61 Å². The van der Waals surface area contributed by atoms with E-state index in [0.29, 0.717) is 11.3 Å². The number of nitrogens with one attached hydrogen (secondary N) is 2. The fourth-order valence-corrected chi connectivity index (χ4v) is 4.84. The minimum atomic E-state index is -0.993. The summed E-state index contributed by atoms with van der Waals surface area (Å²) < 4.78 is 6.31. The van der Waals surface area contributed by atoms with Gasteiger partial charge in [-0.2, -0.15) is 0 Å². The molecular weight excluding hydrogens is 547 g/mol. The topological polar surface area (TPSA) is 105 Å². The molecule has 4 rings (SSSR count). The van der Waals surface area contributed by atoms with Crippen LogP contribution in [0.3, 0.4) is 0 Å². The summed E-state index contributed by atoms with van der Waals surface area (Å²) in [5.74, 6) is -1.46. The molecule has 0 saturated heterocycles. The number of ether oxygens (including phenoxy) is 1. The van der Waals surface area contributed by atoms with Gasteiger partial charge in [0.05, 0.1) is 6.42 Å². The van der Waals surface area contributed by atoms with Crippen molar-refractivity contribution < 1.29 is 24.2 Å². The van der Waals surface area contributed by atoms with Crippen molar-refractivity contribution in [3.8, 4) is 11.1 Å². The number of amides is 2. The molecule has 34 heavy (non-hydrogen) atoms. The fourth-order valence-electron chi connectivity index (χ4n) is 4.17. The van der Waals surface area contributed by atoms with Crippen molar-refractivity contribution in [2.45, 2.75) is 25.3 Å². The molecule has 0 saturated carbocycles. The molecule has 2 amide bonds. The molecule has 3 aromatic carbocycles. The third-order valence-corrected chi connectivity index (χ3v) is 6.23. The van der Waals surface area contributed by atoms with E-state index in [1.165, 1.54) is 6.07 Å². The maximum atomic E-state index is 12.6. The molecule has 0 bridgehead atoms. The number of halogens is 1. The molecule has 0 unspecified atom stereocenters. The van der Waals surface area contributed by atoms with Crippen LogP contribution in [-0.4, -0.2) is 35.7 Å². The number of carbonyl (C=O) groups excluding carboxylic acids is 2. The van der Waals surface area contributed by atoms with Crippen LogP contribution in [0.25, 0.3) is 11.1 Å². The first-order valence-corrected chi connectivity index (χ1v) is 11.8. The van der Waals surface area contributed by atoms with Gasteiger partial charge >= 0.3 is 12.1 Å². The van der Waals surface area contributed by atoms with E-state index in [0.717, 1.165) is 25.8 Å². The van der Waals surface area contributed by atoms with Gasteiger partial charge in [0, 0.05) is 26.8 Å². The summed E-state index contributed by atoms with van der Waals surface area (Å²) in [6.07, 6.45) is -0.796. The molecule has 0 aliphatic heterocycles. The summed E-state index contributed by atoms with van der Waals surface area (Å²) in [5, 5.41) is 14.2. The van der Waals surface area contributed by atoms with E-state index in [1.807, 2.05) is 24.3 Å². The summed E-state index contributed by atoms with van der Waals surface area (Å²) in [7, 11) is 0. The monoisotopic (exact) mass is 570 g/mol. The lowest BCUT2D eigenvalue weighted by molar-refractivity contribution is -0.137. The average molecular weight is 570 g/mol. The molecule has 3 N–H and O–H groups in total. The number of aliphatic carboxylic acids is 1. The zero-order valence-corrected chi connectivity index (χ0v) is 20.5. The molecule has 0 heterocycles. The molecule has 0 aromatic heterocycles. The van der Waals surface area contributed by atoms with Crippen LogP contribution in [0.15, 0.2) is 66.7 Å². The van der Waals surface area contributed by atoms with Crippen molar-refractivity contribution in [3.05, 3.63) is 87.0 Å². The highest BCUT2D eigenvalue weighted by molar-refractivity contribution is 14.1. The first-order chi connectivity index (χ1) is 16.3. The van der Waals surface area contributed by atoms with Crippen LogP contribution >= 0.6 is 22.6 Å². The lowest BCUT2D eigenvalue weighted by Crippen LogP contribution is -2.34. The number of carboxylic acids is 1. The van der Waals surface area contributed by atoms with Crippen LogP contribution in [0.5, 0.6) is 0 Å². The highest BCUT2D eigenvalue weighted by Crippen LogP contribution is 2.44. The van der Waals surface area contributed by atoms with Crippen molar-refractivity contribution in [2.75, 3.05) is 11.9 Å². The van der Waals surface area contributed by atoms with Gasteiger partial charge in [0.15, 0.2) is 0 Å². The Morgan fingerprint density at radius 3 is 2.24 bits per heavy atom. The molecule has 1 aliphatic carbocycles. The van der Waals surface area contributed by atoms with Gasteiger partial charge in [0.25, 0.3) is 5.91 Å². The molecule has 0 fully saturated rings. The Hall–Kier alpha value is -3.40. The predicted octanol–water partition coefficient (Wildman–Crippen LogP) is 5.25. The van der Waals surface area contributed by atoms with Gasteiger partial charge in [-0.1, -0.05) is 48.5 Å². The molecule has 8 heteroatoms. The Morgan fingerprint density at radius 1 is 1.00 bits per heavy atom. The van der Waals surface area contributed by atoms with Crippen molar-refractivity contribution in [1.82, 2.24) is 5.32 Å². The van der Waals surface area contributed by atoms with Crippen LogP contribution in [0.1, 0.15) is 40.7 Å². The second-order valence-corrected chi connectivity index (χ2v) is 9.40. The number of carboxylic acid groups (broad SMARTS) is 1. The smallest absolute Gasteiger partial charge is 0.411 e. The lowest BCUT2D eigenvalue weighted by Gasteiger charge is -2.15. The quantitative estimate of drug-likeness (QED) is 0.337. The fraction of sp³-hybridized carbons (Fsp3) is 0.192. The third kappa shape index (κ3) is 5.39. The number of hydrogen-bond donors (Lipinski definition) is 3. The normalized spacial score (nSPS) is 12.9. The second kappa shape index (κ2) is 10.3. The van der Waals surface area contributed by atoms with E-state index < -0.39 is 24.0 Å². The Labute approximate surface area is 210 Å². The van der Waals surface area contributed by atoms with Crippen LogP contribution < -0.4 is 10.6 Å². The minimum absolute atomic E-state index is 0.0499. The van der Waals surface area contributed by atoms with E-state index in [1.54, 1.807) is 19.1 Å². The van der Waals surface area contributed by atoms with Gasteiger partial charge < -0.3 is 15.2 Å². The standard InChI is InChI=1S/C26H23IN2O5/c1-15(10-24(30)31)28-25(32)16-11-17(27)13-18(12-16)29-26(33)34-14-23-21-8-4-2-6-19(21)20-7-3-5-9-22(20)23/h2-9,11-13,15,23H,10,14H2,1H3,(H,28,32)(H,29,33)(H,30,31)/t15-/m0/s1. The highest BCUT2D eigenvalue weighted by Gasteiger charge is 2.29. The van der Waals surface area contributed by atoms with Gasteiger partial charge in [-0.25, -0.2) is 4.79 Å².